The summed E-state index contributed by atoms with van der Waals surface area (Å²) in [5.41, 5.74) is 5.79. The minimum absolute atomic E-state index is 0.136. The molecule has 0 saturated heterocycles. The molecule has 0 unspecified atom stereocenters. The van der Waals surface area contributed by atoms with Crippen molar-refractivity contribution in [3.63, 3.8) is 0 Å². The zero-order valence-corrected chi connectivity index (χ0v) is 12.5. The van der Waals surface area contributed by atoms with Crippen molar-refractivity contribution in [2.75, 3.05) is 42.2 Å². The molecule has 0 atom stereocenters. The molecular formula is C13H24N6O. The Morgan fingerprint density at radius 3 is 2.30 bits per heavy atom. The van der Waals surface area contributed by atoms with Crippen LogP contribution >= 0.6 is 0 Å². The molecule has 1 aromatic heterocycles. The van der Waals surface area contributed by atoms with Crippen LogP contribution in [0.1, 0.15) is 26.7 Å². The van der Waals surface area contributed by atoms with Gasteiger partial charge in [0.1, 0.15) is 0 Å². The fourth-order valence-corrected chi connectivity index (χ4v) is 2.51. The van der Waals surface area contributed by atoms with Crippen LogP contribution in [0.3, 0.4) is 0 Å². The molecule has 20 heavy (non-hydrogen) atoms. The van der Waals surface area contributed by atoms with E-state index in [1.165, 1.54) is 0 Å². The summed E-state index contributed by atoms with van der Waals surface area (Å²) >= 11 is 0. The largest absolute Gasteiger partial charge is 0.393 e. The van der Waals surface area contributed by atoms with E-state index in [1.54, 1.807) is 0 Å². The van der Waals surface area contributed by atoms with Gasteiger partial charge in [0.25, 0.3) is 0 Å². The van der Waals surface area contributed by atoms with Crippen LogP contribution in [0, 0.1) is 5.92 Å². The van der Waals surface area contributed by atoms with E-state index in [-0.39, 0.29) is 12.1 Å². The average molecular weight is 280 g/mol. The van der Waals surface area contributed by atoms with Crippen molar-refractivity contribution in [1.82, 2.24) is 15.0 Å². The zero-order chi connectivity index (χ0) is 14.7. The molecule has 1 aliphatic rings. The summed E-state index contributed by atoms with van der Waals surface area (Å²) in [6.45, 7) is 6.61. The van der Waals surface area contributed by atoms with Crippen molar-refractivity contribution in [3.8, 4) is 0 Å². The second kappa shape index (κ2) is 6.21. The van der Waals surface area contributed by atoms with Crippen LogP contribution in [0.5, 0.6) is 0 Å². The number of hydrogen-bond acceptors (Lipinski definition) is 7. The lowest BCUT2D eigenvalue weighted by molar-refractivity contribution is 0.0463. The molecule has 0 spiro atoms. The Hall–Kier alpha value is -1.63. The molecule has 2 rings (SSSR count). The van der Waals surface area contributed by atoms with Gasteiger partial charge in [0.15, 0.2) is 0 Å². The maximum absolute atomic E-state index is 9.34. The minimum Gasteiger partial charge on any atom is -0.393 e. The third-order valence-corrected chi connectivity index (χ3v) is 3.76. The van der Waals surface area contributed by atoms with Crippen molar-refractivity contribution in [3.05, 3.63) is 0 Å². The highest BCUT2D eigenvalue weighted by molar-refractivity contribution is 5.43. The van der Waals surface area contributed by atoms with Crippen LogP contribution < -0.4 is 15.5 Å². The number of nitrogens with two attached hydrogens (primary N) is 1. The molecule has 1 saturated carbocycles. The topological polar surface area (TPSA) is 91.4 Å². The highest BCUT2D eigenvalue weighted by Crippen LogP contribution is 2.28. The molecule has 0 bridgehead atoms. The number of aromatic nitrogens is 3. The molecule has 1 heterocycles. The summed E-state index contributed by atoms with van der Waals surface area (Å²) in [7, 11) is 1.95. The second-order valence-electron chi connectivity index (χ2n) is 5.34. The SMILES string of the molecule is CCN(CC)c1nc(N)nc(N(C)CC2CC(O)C2)n1. The van der Waals surface area contributed by atoms with Gasteiger partial charge in [-0.2, -0.15) is 15.0 Å². The molecule has 7 heteroatoms. The van der Waals surface area contributed by atoms with Crippen LogP contribution in [0.15, 0.2) is 0 Å². The maximum atomic E-state index is 9.34. The van der Waals surface area contributed by atoms with Crippen molar-refractivity contribution in [2.24, 2.45) is 5.92 Å². The molecule has 1 fully saturated rings. The molecule has 1 aromatic rings. The quantitative estimate of drug-likeness (QED) is 0.784. The average Bonchev–Trinajstić information content (AvgIpc) is 2.37. The van der Waals surface area contributed by atoms with Gasteiger partial charge in [0, 0.05) is 26.7 Å². The smallest absolute Gasteiger partial charge is 0.231 e. The molecule has 0 aromatic carbocycles. The molecule has 0 aliphatic heterocycles. The van der Waals surface area contributed by atoms with Crippen molar-refractivity contribution in [1.29, 1.82) is 0 Å². The van der Waals surface area contributed by atoms with Gasteiger partial charge in [-0.15, -0.1) is 0 Å². The standard InChI is InChI=1S/C13H24N6O/c1-4-19(5-2)13-16-11(14)15-12(17-13)18(3)8-9-6-10(20)7-9/h9-10,20H,4-8H2,1-3H3,(H2,14,15,16,17). The summed E-state index contributed by atoms with van der Waals surface area (Å²) in [5, 5.41) is 9.34. The van der Waals surface area contributed by atoms with Crippen LogP contribution in [-0.4, -0.2) is 52.8 Å². The van der Waals surface area contributed by atoms with Crippen molar-refractivity contribution < 1.29 is 5.11 Å². The fraction of sp³-hybridized carbons (Fsp3) is 0.769. The van der Waals surface area contributed by atoms with Crippen molar-refractivity contribution >= 4 is 17.8 Å². The maximum Gasteiger partial charge on any atom is 0.231 e. The number of aliphatic hydroxyl groups is 1. The summed E-state index contributed by atoms with van der Waals surface area (Å²) < 4.78 is 0. The van der Waals surface area contributed by atoms with Gasteiger partial charge < -0.3 is 20.6 Å². The van der Waals surface area contributed by atoms with Crippen LogP contribution in [0.2, 0.25) is 0 Å². The van der Waals surface area contributed by atoms with Gasteiger partial charge in [-0.3, -0.25) is 0 Å². The minimum atomic E-state index is -0.136. The second-order valence-corrected chi connectivity index (χ2v) is 5.34. The molecule has 3 N–H and O–H groups in total. The lowest BCUT2D eigenvalue weighted by Crippen LogP contribution is -2.38. The first-order valence-electron chi connectivity index (χ1n) is 7.19. The first-order chi connectivity index (χ1) is 9.53. The Morgan fingerprint density at radius 1 is 1.15 bits per heavy atom. The Balaban J connectivity index is 2.10. The summed E-state index contributed by atoms with van der Waals surface area (Å²) in [4.78, 5) is 16.9. The fourth-order valence-electron chi connectivity index (χ4n) is 2.51. The molecule has 7 nitrogen and oxygen atoms in total. The Kier molecular flexibility index (Phi) is 4.59. The normalized spacial score (nSPS) is 21.4. The van der Waals surface area contributed by atoms with Gasteiger partial charge in [-0.25, -0.2) is 0 Å². The number of rotatable bonds is 6. The third kappa shape index (κ3) is 3.27. The Morgan fingerprint density at radius 2 is 1.75 bits per heavy atom. The lowest BCUT2D eigenvalue weighted by Gasteiger charge is -2.34. The van der Waals surface area contributed by atoms with E-state index in [2.05, 4.69) is 28.8 Å². The first kappa shape index (κ1) is 14.8. The predicted molar refractivity (Wildman–Crippen MR) is 79.8 cm³/mol. The van der Waals surface area contributed by atoms with E-state index in [9.17, 15) is 5.11 Å². The highest BCUT2D eigenvalue weighted by Gasteiger charge is 2.28. The monoisotopic (exact) mass is 280 g/mol. The van der Waals surface area contributed by atoms with E-state index in [1.807, 2.05) is 16.8 Å². The van der Waals surface area contributed by atoms with E-state index < -0.39 is 0 Å². The van der Waals surface area contributed by atoms with Gasteiger partial charge in [0.2, 0.25) is 17.8 Å². The molecule has 0 amide bonds. The number of anilines is 3. The third-order valence-electron chi connectivity index (χ3n) is 3.76. The number of aliphatic hydroxyl groups excluding tert-OH is 1. The van der Waals surface area contributed by atoms with Gasteiger partial charge in [-0.05, 0) is 32.6 Å². The van der Waals surface area contributed by atoms with Gasteiger partial charge >= 0.3 is 0 Å². The predicted octanol–water partition coefficient (Wildman–Crippen LogP) is 0.507. The van der Waals surface area contributed by atoms with Crippen LogP contribution in [0.25, 0.3) is 0 Å². The van der Waals surface area contributed by atoms with Gasteiger partial charge in [0.05, 0.1) is 6.10 Å². The number of nitrogen functional groups attached to an aromatic ring is 1. The van der Waals surface area contributed by atoms with Crippen molar-refractivity contribution in [2.45, 2.75) is 32.8 Å². The number of nitrogens with zero attached hydrogens (tertiary/aromatic N) is 5. The van der Waals surface area contributed by atoms with Crippen LogP contribution in [-0.2, 0) is 0 Å². The van der Waals surface area contributed by atoms with Gasteiger partial charge in [-0.1, -0.05) is 0 Å². The summed E-state index contributed by atoms with van der Waals surface area (Å²) in [6.07, 6.45) is 1.57. The summed E-state index contributed by atoms with van der Waals surface area (Å²) in [5.74, 6) is 1.97. The Bertz CT molecular complexity index is 444. The number of hydrogen-bond donors (Lipinski definition) is 2. The molecular weight excluding hydrogens is 256 g/mol. The van der Waals surface area contributed by atoms with E-state index in [0.29, 0.717) is 17.8 Å². The Labute approximate surface area is 119 Å². The highest BCUT2D eigenvalue weighted by atomic mass is 16.3. The molecule has 0 radical (unpaired) electrons. The molecule has 112 valence electrons. The summed E-state index contributed by atoms with van der Waals surface area (Å²) in [6, 6.07) is 0. The lowest BCUT2D eigenvalue weighted by atomic mass is 9.82. The first-order valence-corrected chi connectivity index (χ1v) is 7.19. The van der Waals surface area contributed by atoms with E-state index in [0.717, 1.165) is 32.5 Å². The molecule has 1 aliphatic carbocycles. The van der Waals surface area contributed by atoms with E-state index >= 15 is 0 Å². The zero-order valence-electron chi connectivity index (χ0n) is 12.5. The van der Waals surface area contributed by atoms with E-state index in [4.69, 9.17) is 5.73 Å². The van der Waals surface area contributed by atoms with Crippen LogP contribution in [0.4, 0.5) is 17.8 Å².